The fourth-order valence-electron chi connectivity index (χ4n) is 0.463. The van der Waals surface area contributed by atoms with Gasteiger partial charge in [0.1, 0.15) is 6.34 Å². The van der Waals surface area contributed by atoms with E-state index in [9.17, 15) is 22.0 Å². The Morgan fingerprint density at radius 1 is 1.15 bits per heavy atom. The van der Waals surface area contributed by atoms with E-state index in [1.165, 1.54) is 0 Å². The summed E-state index contributed by atoms with van der Waals surface area (Å²) in [4.78, 5) is 3.00. The molecule has 0 atom stereocenters. The van der Waals surface area contributed by atoms with Crippen molar-refractivity contribution in [1.29, 1.82) is 0 Å². The van der Waals surface area contributed by atoms with E-state index in [0.717, 1.165) is 6.34 Å². The molecular formula is C5H2F5N2O. The molecule has 1 aliphatic rings. The maximum absolute atomic E-state index is 12.1. The molecule has 1 aliphatic heterocycles. The average molecular weight is 201 g/mol. The van der Waals surface area contributed by atoms with Crippen molar-refractivity contribution in [2.45, 2.75) is 12.3 Å². The molecule has 0 aromatic rings. The van der Waals surface area contributed by atoms with E-state index in [1.807, 2.05) is 0 Å². The predicted octanol–water partition coefficient (Wildman–Crippen LogP) is 1.60. The second-order valence-electron chi connectivity index (χ2n) is 1.98. The van der Waals surface area contributed by atoms with E-state index in [2.05, 4.69) is 15.0 Å². The summed E-state index contributed by atoms with van der Waals surface area (Å²) in [5.74, 6) is -0.873. The Morgan fingerprint density at radius 3 is 2.15 bits per heavy atom. The van der Waals surface area contributed by atoms with Gasteiger partial charge in [-0.25, -0.2) is 10.3 Å². The first-order chi connectivity index (χ1) is 5.83. The normalized spacial score (nSPS) is 16.8. The van der Waals surface area contributed by atoms with Crippen molar-refractivity contribution in [3.8, 4) is 0 Å². The van der Waals surface area contributed by atoms with Gasteiger partial charge in [-0.2, -0.15) is 22.0 Å². The zero-order valence-corrected chi connectivity index (χ0v) is 5.85. The molecule has 0 aromatic heterocycles. The molecule has 0 amide bonds. The Bertz CT molecular complexity index is 256. The lowest BCUT2D eigenvalue weighted by atomic mass is 10.6. The van der Waals surface area contributed by atoms with Crippen molar-refractivity contribution in [3.05, 3.63) is 12.1 Å². The van der Waals surface area contributed by atoms with Crippen molar-refractivity contribution in [2.24, 2.45) is 4.99 Å². The number of halogens is 5. The van der Waals surface area contributed by atoms with E-state index in [0.29, 0.717) is 6.20 Å². The van der Waals surface area contributed by atoms with Crippen molar-refractivity contribution >= 4 is 6.34 Å². The number of nitrogens with zero attached hydrogens (tertiary/aromatic N) is 2. The Morgan fingerprint density at radius 2 is 1.77 bits per heavy atom. The molecular weight excluding hydrogens is 199 g/mol. The number of rotatable bonds is 2. The van der Waals surface area contributed by atoms with Crippen LogP contribution in [-0.2, 0) is 4.74 Å². The molecule has 0 fully saturated rings. The summed E-state index contributed by atoms with van der Waals surface area (Å²) in [7, 11) is 0. The highest BCUT2D eigenvalue weighted by Crippen LogP contribution is 2.38. The van der Waals surface area contributed by atoms with E-state index in [-0.39, 0.29) is 0 Å². The van der Waals surface area contributed by atoms with Gasteiger partial charge in [-0.3, -0.25) is 0 Å². The van der Waals surface area contributed by atoms with Crippen molar-refractivity contribution in [3.63, 3.8) is 0 Å². The molecule has 1 radical (unpaired) electrons. The molecule has 0 saturated heterocycles. The van der Waals surface area contributed by atoms with Crippen LogP contribution in [0.3, 0.4) is 0 Å². The molecule has 0 N–H and O–H groups in total. The van der Waals surface area contributed by atoms with E-state index in [1.54, 1.807) is 0 Å². The molecule has 13 heavy (non-hydrogen) atoms. The van der Waals surface area contributed by atoms with Crippen LogP contribution in [0.5, 0.6) is 0 Å². The first kappa shape index (κ1) is 9.75. The van der Waals surface area contributed by atoms with Crippen LogP contribution in [0.2, 0.25) is 0 Å². The molecule has 0 saturated carbocycles. The molecule has 0 spiro atoms. The predicted molar refractivity (Wildman–Crippen MR) is 30.8 cm³/mol. The maximum Gasteiger partial charge on any atom is 0.500 e. The maximum atomic E-state index is 12.1. The third-order valence-corrected chi connectivity index (χ3v) is 0.999. The first-order valence-corrected chi connectivity index (χ1v) is 2.89. The fraction of sp³-hybridized carbons (Fsp3) is 0.400. The van der Waals surface area contributed by atoms with Crippen molar-refractivity contribution < 1.29 is 26.7 Å². The summed E-state index contributed by atoms with van der Waals surface area (Å²) in [5.41, 5.74) is 0. The lowest BCUT2D eigenvalue weighted by molar-refractivity contribution is -0.379. The van der Waals surface area contributed by atoms with Crippen LogP contribution < -0.4 is 5.32 Å². The average Bonchev–Trinajstić information content (AvgIpc) is 2.35. The molecule has 1 heterocycles. The van der Waals surface area contributed by atoms with Gasteiger partial charge in [0.05, 0.1) is 6.20 Å². The van der Waals surface area contributed by atoms with Crippen LogP contribution in [0, 0.1) is 0 Å². The molecule has 0 unspecified atom stereocenters. The summed E-state index contributed by atoms with van der Waals surface area (Å²) in [6, 6.07) is 0. The van der Waals surface area contributed by atoms with Crippen LogP contribution >= 0.6 is 0 Å². The smallest absolute Gasteiger partial charge is 0.406 e. The molecule has 0 aromatic carbocycles. The SMILES string of the molecule is FC(F)(F)C(F)(F)OC1=C[N]C=N1. The molecule has 0 bridgehead atoms. The van der Waals surface area contributed by atoms with Gasteiger partial charge in [-0.15, -0.1) is 0 Å². The van der Waals surface area contributed by atoms with Gasteiger partial charge < -0.3 is 4.74 Å². The summed E-state index contributed by atoms with van der Waals surface area (Å²) >= 11 is 0. The fourth-order valence-corrected chi connectivity index (χ4v) is 0.463. The second-order valence-corrected chi connectivity index (χ2v) is 1.98. The molecule has 73 valence electrons. The van der Waals surface area contributed by atoms with Gasteiger partial charge in [0.15, 0.2) is 0 Å². The Balaban J connectivity index is 2.66. The summed E-state index contributed by atoms with van der Waals surface area (Å²) in [5, 5.41) is 3.15. The highest BCUT2D eigenvalue weighted by molar-refractivity contribution is 5.59. The third-order valence-electron chi connectivity index (χ3n) is 0.999. The van der Waals surface area contributed by atoms with Gasteiger partial charge in [-0.05, 0) is 0 Å². The summed E-state index contributed by atoms with van der Waals surface area (Å²) in [6.45, 7) is 0. The number of hydrogen-bond donors (Lipinski definition) is 0. The van der Waals surface area contributed by atoms with Crippen molar-refractivity contribution in [1.82, 2.24) is 5.32 Å². The van der Waals surface area contributed by atoms with Gasteiger partial charge >= 0.3 is 12.3 Å². The van der Waals surface area contributed by atoms with Gasteiger partial charge in [0.2, 0.25) is 5.88 Å². The van der Waals surface area contributed by atoms with Gasteiger partial charge in [0, 0.05) is 0 Å². The number of alkyl halides is 5. The number of ether oxygens (including phenoxy) is 1. The minimum absolute atomic E-state index is 0.652. The standard InChI is InChI=1S/C5H2F5N2O/c6-4(7,8)5(9,10)13-3-1-11-2-12-3/h1-2H. The topological polar surface area (TPSA) is 35.7 Å². The second kappa shape index (κ2) is 2.86. The number of hydrogen-bond acceptors (Lipinski definition) is 2. The van der Waals surface area contributed by atoms with Crippen LogP contribution in [0.15, 0.2) is 17.1 Å². The van der Waals surface area contributed by atoms with E-state index >= 15 is 0 Å². The zero-order chi connectivity index (χ0) is 10.1. The number of aliphatic imine (C=N–C) groups is 1. The largest absolute Gasteiger partial charge is 0.500 e. The van der Waals surface area contributed by atoms with Crippen molar-refractivity contribution in [2.75, 3.05) is 0 Å². The van der Waals surface area contributed by atoms with Crippen LogP contribution in [-0.4, -0.2) is 18.6 Å². The Labute approximate surface area is 68.9 Å². The molecule has 1 rings (SSSR count). The lowest BCUT2D eigenvalue weighted by Crippen LogP contribution is -2.38. The lowest BCUT2D eigenvalue weighted by Gasteiger charge is -2.18. The highest BCUT2D eigenvalue weighted by Gasteiger charge is 2.61. The van der Waals surface area contributed by atoms with Gasteiger partial charge in [0.25, 0.3) is 0 Å². The Kier molecular flexibility index (Phi) is 2.14. The molecule has 3 nitrogen and oxygen atoms in total. The van der Waals surface area contributed by atoms with Crippen LogP contribution in [0.25, 0.3) is 0 Å². The first-order valence-electron chi connectivity index (χ1n) is 2.89. The van der Waals surface area contributed by atoms with Crippen LogP contribution in [0.4, 0.5) is 22.0 Å². The quantitative estimate of drug-likeness (QED) is 0.625. The minimum atomic E-state index is -5.76. The highest BCUT2D eigenvalue weighted by atomic mass is 19.4. The molecule has 0 aliphatic carbocycles. The van der Waals surface area contributed by atoms with E-state index < -0.39 is 18.2 Å². The third kappa shape index (κ3) is 2.07. The monoisotopic (exact) mass is 201 g/mol. The van der Waals surface area contributed by atoms with E-state index in [4.69, 9.17) is 0 Å². The molecule has 8 heteroatoms. The Hall–Kier alpha value is -1.34. The minimum Gasteiger partial charge on any atom is -0.406 e. The van der Waals surface area contributed by atoms with Crippen LogP contribution in [0.1, 0.15) is 0 Å². The summed E-state index contributed by atoms with van der Waals surface area (Å²) in [6.07, 6.45) is -9.55. The zero-order valence-electron chi connectivity index (χ0n) is 5.85. The summed E-state index contributed by atoms with van der Waals surface area (Å²) < 4.78 is 61.9. The van der Waals surface area contributed by atoms with Gasteiger partial charge in [-0.1, -0.05) is 0 Å².